The van der Waals surface area contributed by atoms with Gasteiger partial charge in [-0.25, -0.2) is 0 Å². The van der Waals surface area contributed by atoms with Gasteiger partial charge in [-0.05, 0) is 44.4 Å². The minimum Gasteiger partial charge on any atom is -0.481 e. The van der Waals surface area contributed by atoms with E-state index in [0.717, 1.165) is 0 Å². The summed E-state index contributed by atoms with van der Waals surface area (Å²) >= 11 is 0. The van der Waals surface area contributed by atoms with E-state index < -0.39 is 59.9 Å². The number of aliphatic hydroxyl groups is 1. The molecule has 248 valence electrons. The Morgan fingerprint density at radius 2 is 1.37 bits per heavy atom. The minimum absolute atomic E-state index is 0.0456. The van der Waals surface area contributed by atoms with Gasteiger partial charge < -0.3 is 36.8 Å². The van der Waals surface area contributed by atoms with Crippen LogP contribution in [0, 0.1) is 11.8 Å². The monoisotopic (exact) mass is 613 g/mol. The largest absolute Gasteiger partial charge is 0.481 e. The first-order chi connectivity index (χ1) is 20.2. The first-order valence-electron chi connectivity index (χ1n) is 15.6. The molecule has 0 radical (unpaired) electrons. The van der Waals surface area contributed by atoms with Crippen molar-refractivity contribution in [1.29, 1.82) is 0 Å². The lowest BCUT2D eigenvalue weighted by Gasteiger charge is -2.30. The molecule has 0 rings (SSSR count). The summed E-state index contributed by atoms with van der Waals surface area (Å²) in [5, 5.41) is 33.3. The molecule has 7 N–H and O–H groups in total. The Morgan fingerprint density at radius 3 is 1.88 bits per heavy atom. The number of hydrogen-bond donors (Lipinski definition) is 7. The van der Waals surface area contributed by atoms with E-state index in [2.05, 4.69) is 26.6 Å². The standard InChI is InChI=1S/C30H55N5O8/c1-8-13-21(33-30(43)27(19(7)9-2)35-24(37)14-12-15-26(39)40)29(42)34-22(16-18(5)6)23(36)17-25(38)32-20(10-3)28(41)31-11-4/h18-23,27,36H,8-17H2,1-7H3,(H,31,41)(H,32,38)(H,33,43)(H,34,42)(H,35,37)(H,39,40)/t19-,20-,21-,22-,23-,27-/m0/s1. The van der Waals surface area contributed by atoms with Gasteiger partial charge in [0.05, 0.1) is 18.6 Å². The van der Waals surface area contributed by atoms with Crippen LogP contribution in [0.25, 0.3) is 0 Å². The third kappa shape index (κ3) is 16.3. The van der Waals surface area contributed by atoms with Crippen molar-refractivity contribution in [3.8, 4) is 0 Å². The van der Waals surface area contributed by atoms with Crippen LogP contribution < -0.4 is 26.6 Å². The normalized spacial score (nSPS) is 15.3. The molecule has 0 heterocycles. The third-order valence-electron chi connectivity index (χ3n) is 7.14. The van der Waals surface area contributed by atoms with Crippen LogP contribution in [0.1, 0.15) is 106 Å². The number of carboxylic acids is 1. The minimum atomic E-state index is -1.24. The van der Waals surface area contributed by atoms with E-state index in [-0.39, 0.29) is 43.4 Å². The topological polar surface area (TPSA) is 203 Å². The predicted octanol–water partition coefficient (Wildman–Crippen LogP) is 1.37. The Hall–Kier alpha value is -3.22. The van der Waals surface area contributed by atoms with Crippen LogP contribution in [0.5, 0.6) is 0 Å². The number of carboxylic acid groups (broad SMARTS) is 1. The number of aliphatic carboxylic acids is 1. The van der Waals surface area contributed by atoms with Crippen LogP contribution in [0.3, 0.4) is 0 Å². The van der Waals surface area contributed by atoms with E-state index in [1.807, 2.05) is 27.7 Å². The molecule has 6 atom stereocenters. The van der Waals surface area contributed by atoms with Crippen molar-refractivity contribution in [3.05, 3.63) is 0 Å². The van der Waals surface area contributed by atoms with E-state index in [1.54, 1.807) is 20.8 Å². The quantitative estimate of drug-likeness (QED) is 0.0948. The number of likely N-dealkylation sites (N-methyl/N-ethyl adjacent to an activating group) is 1. The highest BCUT2D eigenvalue weighted by molar-refractivity contribution is 5.92. The molecule has 0 saturated carbocycles. The molecular formula is C30H55N5O8. The van der Waals surface area contributed by atoms with Crippen molar-refractivity contribution in [2.45, 2.75) is 137 Å². The number of amides is 5. The van der Waals surface area contributed by atoms with Crippen LogP contribution >= 0.6 is 0 Å². The van der Waals surface area contributed by atoms with Crippen molar-refractivity contribution in [2.24, 2.45) is 11.8 Å². The zero-order valence-electron chi connectivity index (χ0n) is 27.0. The summed E-state index contributed by atoms with van der Waals surface area (Å²) in [5.74, 6) is -3.55. The van der Waals surface area contributed by atoms with Crippen LogP contribution in [-0.2, 0) is 28.8 Å². The van der Waals surface area contributed by atoms with Gasteiger partial charge >= 0.3 is 5.97 Å². The molecule has 0 aliphatic heterocycles. The van der Waals surface area contributed by atoms with E-state index in [0.29, 0.717) is 38.6 Å². The maximum Gasteiger partial charge on any atom is 0.303 e. The van der Waals surface area contributed by atoms with Gasteiger partial charge in [-0.1, -0.05) is 54.4 Å². The summed E-state index contributed by atoms with van der Waals surface area (Å²) in [4.78, 5) is 74.7. The number of hydrogen-bond acceptors (Lipinski definition) is 7. The lowest BCUT2D eigenvalue weighted by molar-refractivity contribution is -0.137. The molecule has 0 aliphatic carbocycles. The van der Waals surface area contributed by atoms with Crippen molar-refractivity contribution in [2.75, 3.05) is 6.54 Å². The van der Waals surface area contributed by atoms with Crippen molar-refractivity contribution >= 4 is 35.5 Å². The highest BCUT2D eigenvalue weighted by Crippen LogP contribution is 2.14. The van der Waals surface area contributed by atoms with Gasteiger partial charge in [0.1, 0.15) is 18.1 Å². The van der Waals surface area contributed by atoms with Crippen LogP contribution in [0.4, 0.5) is 0 Å². The molecular weight excluding hydrogens is 558 g/mol. The average molecular weight is 614 g/mol. The van der Waals surface area contributed by atoms with Crippen LogP contribution in [0.15, 0.2) is 0 Å². The zero-order valence-corrected chi connectivity index (χ0v) is 27.0. The van der Waals surface area contributed by atoms with E-state index in [4.69, 9.17) is 5.11 Å². The molecule has 0 fully saturated rings. The second kappa shape index (κ2) is 21.5. The summed E-state index contributed by atoms with van der Waals surface area (Å²) in [6.07, 6.45) is 0.527. The second-order valence-electron chi connectivity index (χ2n) is 11.5. The lowest BCUT2D eigenvalue weighted by Crippen LogP contribution is -2.57. The molecule has 13 nitrogen and oxygen atoms in total. The fraction of sp³-hybridized carbons (Fsp3) is 0.800. The number of rotatable bonds is 22. The van der Waals surface area contributed by atoms with Gasteiger partial charge in [-0.15, -0.1) is 0 Å². The molecule has 0 saturated heterocycles. The van der Waals surface area contributed by atoms with Crippen LogP contribution in [0.2, 0.25) is 0 Å². The molecule has 0 unspecified atom stereocenters. The third-order valence-corrected chi connectivity index (χ3v) is 7.14. The van der Waals surface area contributed by atoms with Gasteiger partial charge in [0, 0.05) is 19.4 Å². The Labute approximate surface area is 256 Å². The second-order valence-corrected chi connectivity index (χ2v) is 11.5. The summed E-state index contributed by atoms with van der Waals surface area (Å²) in [5.41, 5.74) is 0. The molecule has 13 heteroatoms. The molecule has 5 amide bonds. The lowest BCUT2D eigenvalue weighted by atomic mass is 9.95. The fourth-order valence-corrected chi connectivity index (χ4v) is 4.51. The van der Waals surface area contributed by atoms with Gasteiger partial charge in [-0.2, -0.15) is 0 Å². The van der Waals surface area contributed by atoms with Crippen molar-refractivity contribution in [1.82, 2.24) is 26.6 Å². The fourth-order valence-electron chi connectivity index (χ4n) is 4.51. The van der Waals surface area contributed by atoms with Gasteiger partial charge in [0.2, 0.25) is 29.5 Å². The molecule has 0 spiro atoms. The number of carbonyl (C=O) groups excluding carboxylic acids is 5. The SMILES string of the molecule is CCC[C@H](NC(=O)[C@@H](NC(=O)CCCC(=O)O)[C@@H](C)CC)C(=O)N[C@@H](CC(C)C)[C@@H](O)CC(=O)N[C@@H](CC)C(=O)NCC. The highest BCUT2D eigenvalue weighted by Gasteiger charge is 2.32. The van der Waals surface area contributed by atoms with Crippen molar-refractivity contribution in [3.63, 3.8) is 0 Å². The molecule has 0 aromatic rings. The van der Waals surface area contributed by atoms with Crippen molar-refractivity contribution < 1.29 is 39.0 Å². The summed E-state index contributed by atoms with van der Waals surface area (Å²) < 4.78 is 0. The summed E-state index contributed by atoms with van der Waals surface area (Å²) in [6, 6.07) is -3.41. The maximum atomic E-state index is 13.4. The molecule has 0 aliphatic rings. The summed E-state index contributed by atoms with van der Waals surface area (Å²) in [6.45, 7) is 13.3. The number of carbonyl (C=O) groups is 6. The van der Waals surface area contributed by atoms with Gasteiger partial charge in [0.15, 0.2) is 0 Å². The van der Waals surface area contributed by atoms with Crippen LogP contribution in [-0.4, -0.2) is 82.5 Å². The van der Waals surface area contributed by atoms with Gasteiger partial charge in [0.25, 0.3) is 0 Å². The van der Waals surface area contributed by atoms with E-state index >= 15 is 0 Å². The molecule has 43 heavy (non-hydrogen) atoms. The molecule has 0 bridgehead atoms. The van der Waals surface area contributed by atoms with E-state index in [1.165, 1.54) is 0 Å². The highest BCUT2D eigenvalue weighted by atomic mass is 16.4. The average Bonchev–Trinajstić information content (AvgIpc) is 2.92. The maximum absolute atomic E-state index is 13.4. The Morgan fingerprint density at radius 1 is 0.721 bits per heavy atom. The van der Waals surface area contributed by atoms with Gasteiger partial charge in [-0.3, -0.25) is 28.8 Å². The smallest absolute Gasteiger partial charge is 0.303 e. The zero-order chi connectivity index (χ0) is 33.1. The first kappa shape index (κ1) is 39.8. The van der Waals surface area contributed by atoms with E-state index in [9.17, 15) is 33.9 Å². The molecule has 0 aromatic heterocycles. The predicted molar refractivity (Wildman–Crippen MR) is 163 cm³/mol. The number of nitrogens with one attached hydrogen (secondary N) is 5. The Balaban J connectivity index is 5.58. The number of aliphatic hydroxyl groups excluding tert-OH is 1. The summed E-state index contributed by atoms with van der Waals surface area (Å²) in [7, 11) is 0. The first-order valence-corrected chi connectivity index (χ1v) is 15.6. The Bertz CT molecular complexity index is 913. The molecule has 0 aromatic carbocycles. The Kier molecular flexibility index (Phi) is 19.9.